The van der Waals surface area contributed by atoms with E-state index >= 15 is 0 Å². The predicted molar refractivity (Wildman–Crippen MR) is 66.6 cm³/mol. The number of carboxylic acids is 1. The van der Waals surface area contributed by atoms with Crippen LogP contribution in [0.15, 0.2) is 18.2 Å². The third-order valence-electron chi connectivity index (χ3n) is 3.96. The van der Waals surface area contributed by atoms with Crippen molar-refractivity contribution in [1.29, 1.82) is 0 Å². The maximum absolute atomic E-state index is 11.4. The standard InChI is InChI=1S/C14H15NO3/c16-12-4-2-9-1-3-10(7-11(9)15-12)14(5-6-14)8-13(17)18/h1,3,7H,2,4-6,8H2,(H,15,16)(H,17,18). The van der Waals surface area contributed by atoms with Gasteiger partial charge in [-0.15, -0.1) is 0 Å². The van der Waals surface area contributed by atoms with Crippen LogP contribution in [0.1, 0.15) is 36.8 Å². The maximum Gasteiger partial charge on any atom is 0.304 e. The molecule has 0 aromatic heterocycles. The quantitative estimate of drug-likeness (QED) is 0.856. The molecule has 0 radical (unpaired) electrons. The molecule has 1 aliphatic heterocycles. The van der Waals surface area contributed by atoms with Crippen LogP contribution in [0.4, 0.5) is 5.69 Å². The van der Waals surface area contributed by atoms with Crippen LogP contribution in [0, 0.1) is 0 Å². The van der Waals surface area contributed by atoms with Crippen molar-refractivity contribution in [1.82, 2.24) is 0 Å². The van der Waals surface area contributed by atoms with E-state index in [0.29, 0.717) is 6.42 Å². The molecule has 1 heterocycles. The van der Waals surface area contributed by atoms with Crippen molar-refractivity contribution in [3.05, 3.63) is 29.3 Å². The summed E-state index contributed by atoms with van der Waals surface area (Å²) in [5, 5.41) is 11.8. The molecule has 0 spiro atoms. The van der Waals surface area contributed by atoms with Crippen LogP contribution in [0.3, 0.4) is 0 Å². The zero-order valence-electron chi connectivity index (χ0n) is 10.0. The van der Waals surface area contributed by atoms with Gasteiger partial charge in [0.05, 0.1) is 6.42 Å². The van der Waals surface area contributed by atoms with Crippen LogP contribution < -0.4 is 5.32 Å². The van der Waals surface area contributed by atoms with E-state index in [-0.39, 0.29) is 17.7 Å². The van der Waals surface area contributed by atoms with Gasteiger partial charge in [0.2, 0.25) is 5.91 Å². The van der Waals surface area contributed by atoms with Gasteiger partial charge in [0.25, 0.3) is 0 Å². The van der Waals surface area contributed by atoms with Crippen molar-refractivity contribution in [3.8, 4) is 0 Å². The summed E-state index contributed by atoms with van der Waals surface area (Å²) in [6.45, 7) is 0. The summed E-state index contributed by atoms with van der Waals surface area (Å²) in [7, 11) is 0. The zero-order chi connectivity index (χ0) is 12.8. The Balaban J connectivity index is 1.92. The Hall–Kier alpha value is -1.84. The number of anilines is 1. The van der Waals surface area contributed by atoms with Crippen molar-refractivity contribution in [2.45, 2.75) is 37.5 Å². The van der Waals surface area contributed by atoms with Gasteiger partial charge in [-0.3, -0.25) is 9.59 Å². The summed E-state index contributed by atoms with van der Waals surface area (Å²) < 4.78 is 0. The van der Waals surface area contributed by atoms with Crippen molar-refractivity contribution in [2.75, 3.05) is 5.32 Å². The second kappa shape index (κ2) is 3.83. The van der Waals surface area contributed by atoms with E-state index in [9.17, 15) is 9.59 Å². The monoisotopic (exact) mass is 245 g/mol. The van der Waals surface area contributed by atoms with E-state index in [1.54, 1.807) is 0 Å². The number of carbonyl (C=O) groups excluding carboxylic acids is 1. The van der Waals surface area contributed by atoms with E-state index in [1.165, 1.54) is 0 Å². The summed E-state index contributed by atoms with van der Waals surface area (Å²) >= 11 is 0. The van der Waals surface area contributed by atoms with Gasteiger partial charge in [0.15, 0.2) is 0 Å². The molecule has 4 heteroatoms. The van der Waals surface area contributed by atoms with E-state index < -0.39 is 5.97 Å². The number of rotatable bonds is 3. The van der Waals surface area contributed by atoms with Crippen LogP contribution in [-0.2, 0) is 21.4 Å². The van der Waals surface area contributed by atoms with Gasteiger partial charge in [0.1, 0.15) is 0 Å². The third-order valence-corrected chi connectivity index (χ3v) is 3.96. The fraction of sp³-hybridized carbons (Fsp3) is 0.429. The highest BCUT2D eigenvalue weighted by molar-refractivity contribution is 5.94. The number of benzene rings is 1. The van der Waals surface area contributed by atoms with Crippen molar-refractivity contribution >= 4 is 17.6 Å². The summed E-state index contributed by atoms with van der Waals surface area (Å²) in [6, 6.07) is 6.00. The van der Waals surface area contributed by atoms with Crippen LogP contribution in [-0.4, -0.2) is 17.0 Å². The summed E-state index contributed by atoms with van der Waals surface area (Å²) in [4.78, 5) is 22.3. The molecule has 0 saturated heterocycles. The molecule has 2 aliphatic rings. The second-order valence-electron chi connectivity index (χ2n) is 5.27. The minimum atomic E-state index is -0.755. The van der Waals surface area contributed by atoms with Gasteiger partial charge < -0.3 is 10.4 Å². The number of carbonyl (C=O) groups is 2. The van der Waals surface area contributed by atoms with Crippen LogP contribution in [0.2, 0.25) is 0 Å². The predicted octanol–water partition coefficient (Wildman–Crippen LogP) is 2.08. The van der Waals surface area contributed by atoms with E-state index in [4.69, 9.17) is 5.11 Å². The van der Waals surface area contributed by atoms with Gasteiger partial charge in [0, 0.05) is 17.5 Å². The van der Waals surface area contributed by atoms with Crippen LogP contribution in [0.5, 0.6) is 0 Å². The number of aliphatic carboxylic acids is 1. The average Bonchev–Trinajstić information content (AvgIpc) is 3.08. The zero-order valence-corrected chi connectivity index (χ0v) is 10.0. The van der Waals surface area contributed by atoms with Gasteiger partial charge in [-0.2, -0.15) is 0 Å². The Morgan fingerprint density at radius 1 is 1.33 bits per heavy atom. The first kappa shape index (κ1) is 11.3. The first-order valence-corrected chi connectivity index (χ1v) is 6.24. The smallest absolute Gasteiger partial charge is 0.304 e. The lowest BCUT2D eigenvalue weighted by Gasteiger charge is -2.20. The maximum atomic E-state index is 11.4. The molecule has 1 aromatic carbocycles. The van der Waals surface area contributed by atoms with E-state index in [1.807, 2.05) is 18.2 Å². The molecule has 1 amide bonds. The Bertz CT molecular complexity index is 532. The molecule has 3 rings (SSSR count). The average molecular weight is 245 g/mol. The Kier molecular flexibility index (Phi) is 2.40. The molecule has 0 atom stereocenters. The molecule has 18 heavy (non-hydrogen) atoms. The number of hydrogen-bond acceptors (Lipinski definition) is 2. The number of hydrogen-bond donors (Lipinski definition) is 2. The van der Waals surface area contributed by atoms with E-state index in [0.717, 1.165) is 36.1 Å². The van der Waals surface area contributed by atoms with Gasteiger partial charge in [-0.05, 0) is 36.5 Å². The lowest BCUT2D eigenvalue weighted by atomic mass is 9.89. The number of aryl methyl sites for hydroxylation is 1. The number of fused-ring (bicyclic) bond motifs is 1. The van der Waals surface area contributed by atoms with Crippen molar-refractivity contribution in [2.24, 2.45) is 0 Å². The number of nitrogens with one attached hydrogen (secondary N) is 1. The first-order chi connectivity index (χ1) is 8.59. The Morgan fingerprint density at radius 2 is 2.11 bits per heavy atom. The summed E-state index contributed by atoms with van der Waals surface area (Å²) in [5.41, 5.74) is 2.86. The molecule has 0 bridgehead atoms. The Morgan fingerprint density at radius 3 is 2.78 bits per heavy atom. The number of amides is 1. The molecule has 1 saturated carbocycles. The second-order valence-corrected chi connectivity index (χ2v) is 5.27. The lowest BCUT2D eigenvalue weighted by Crippen LogP contribution is -2.20. The highest BCUT2D eigenvalue weighted by Crippen LogP contribution is 2.51. The fourth-order valence-corrected chi connectivity index (χ4v) is 2.71. The first-order valence-electron chi connectivity index (χ1n) is 6.24. The number of carboxylic acid groups (broad SMARTS) is 1. The molecule has 0 unspecified atom stereocenters. The molecule has 1 aliphatic carbocycles. The van der Waals surface area contributed by atoms with Gasteiger partial charge in [-0.1, -0.05) is 12.1 Å². The molecular formula is C14H15NO3. The molecule has 2 N–H and O–H groups in total. The normalized spacial score (nSPS) is 19.9. The highest BCUT2D eigenvalue weighted by Gasteiger charge is 2.46. The van der Waals surface area contributed by atoms with Crippen molar-refractivity contribution < 1.29 is 14.7 Å². The molecule has 94 valence electrons. The van der Waals surface area contributed by atoms with Crippen LogP contribution in [0.25, 0.3) is 0 Å². The largest absolute Gasteiger partial charge is 0.481 e. The lowest BCUT2D eigenvalue weighted by molar-refractivity contribution is -0.137. The van der Waals surface area contributed by atoms with Crippen molar-refractivity contribution in [3.63, 3.8) is 0 Å². The summed E-state index contributed by atoms with van der Waals surface area (Å²) in [6.07, 6.45) is 3.33. The topological polar surface area (TPSA) is 66.4 Å². The molecular weight excluding hydrogens is 230 g/mol. The van der Waals surface area contributed by atoms with E-state index in [2.05, 4.69) is 5.32 Å². The van der Waals surface area contributed by atoms with Crippen LogP contribution >= 0.6 is 0 Å². The third kappa shape index (κ3) is 1.88. The minimum Gasteiger partial charge on any atom is -0.481 e. The van der Waals surface area contributed by atoms with Gasteiger partial charge >= 0.3 is 5.97 Å². The summed E-state index contributed by atoms with van der Waals surface area (Å²) in [5.74, 6) is -0.711. The van der Waals surface area contributed by atoms with Gasteiger partial charge in [-0.25, -0.2) is 0 Å². The minimum absolute atomic E-state index is 0.0442. The Labute approximate surface area is 105 Å². The molecule has 1 fully saturated rings. The molecule has 4 nitrogen and oxygen atoms in total. The molecule has 1 aromatic rings. The highest BCUT2D eigenvalue weighted by atomic mass is 16.4. The SMILES string of the molecule is O=C(O)CC1(c2ccc3c(c2)NC(=O)CC3)CC1. The fourth-order valence-electron chi connectivity index (χ4n) is 2.71.